The molecule has 2 fully saturated rings. The van der Waals surface area contributed by atoms with E-state index in [2.05, 4.69) is 15.3 Å². The average Bonchev–Trinajstić information content (AvgIpc) is 3.25. The van der Waals surface area contributed by atoms with Gasteiger partial charge in [0.25, 0.3) is 0 Å². The molecule has 182 valence electrons. The summed E-state index contributed by atoms with van der Waals surface area (Å²) in [4.78, 5) is 46.1. The lowest BCUT2D eigenvalue weighted by atomic mass is 10.1. The van der Waals surface area contributed by atoms with E-state index in [0.717, 1.165) is 6.33 Å². The minimum Gasteiger partial charge on any atom is -0.469 e. The fraction of sp³-hybridized carbons (Fsp3) is 0.650. The van der Waals surface area contributed by atoms with Gasteiger partial charge < -0.3 is 39.0 Å². The van der Waals surface area contributed by atoms with Gasteiger partial charge >= 0.3 is 11.9 Å². The van der Waals surface area contributed by atoms with Crippen LogP contribution in [-0.4, -0.2) is 90.6 Å². The van der Waals surface area contributed by atoms with Gasteiger partial charge in [-0.3, -0.25) is 9.59 Å². The number of anilines is 2. The van der Waals surface area contributed by atoms with Crippen LogP contribution in [0.2, 0.25) is 0 Å². The van der Waals surface area contributed by atoms with Crippen molar-refractivity contribution in [2.75, 3.05) is 37.6 Å². The van der Waals surface area contributed by atoms with E-state index in [1.165, 1.54) is 26.0 Å². The number of amides is 1. The van der Waals surface area contributed by atoms with Gasteiger partial charge in [-0.25, -0.2) is 14.8 Å². The molecule has 3 heterocycles. The molecule has 1 amide bonds. The quantitative estimate of drug-likeness (QED) is 0.486. The number of rotatable bonds is 8. The average molecular weight is 468 g/mol. The van der Waals surface area contributed by atoms with E-state index < -0.39 is 48.2 Å². The summed E-state index contributed by atoms with van der Waals surface area (Å²) in [5, 5.41) is 12.3. The zero-order chi connectivity index (χ0) is 24.3. The lowest BCUT2D eigenvalue weighted by molar-refractivity contribution is -0.190. The largest absolute Gasteiger partial charge is 0.469 e. The first-order valence-corrected chi connectivity index (χ1v) is 10.3. The van der Waals surface area contributed by atoms with Crippen LogP contribution in [0.15, 0.2) is 6.33 Å². The first-order chi connectivity index (χ1) is 15.6. The Morgan fingerprint density at radius 2 is 1.88 bits per heavy atom. The van der Waals surface area contributed by atoms with E-state index >= 15 is 0 Å². The highest BCUT2D eigenvalue weighted by molar-refractivity contribution is 6.03. The van der Waals surface area contributed by atoms with Crippen molar-refractivity contribution >= 4 is 29.5 Å². The molecule has 0 saturated carbocycles. The molecule has 2 aliphatic heterocycles. The Labute approximate surface area is 190 Å². The third-order valence-electron chi connectivity index (χ3n) is 5.18. The Hall–Kier alpha value is -2.87. The number of carbonyl (C=O) groups excluding carboxylic acids is 3. The van der Waals surface area contributed by atoms with Crippen molar-refractivity contribution in [2.45, 2.75) is 57.5 Å². The van der Waals surface area contributed by atoms with Gasteiger partial charge in [0.2, 0.25) is 5.91 Å². The summed E-state index contributed by atoms with van der Waals surface area (Å²) in [6, 6.07) is 0. The Kier molecular flexibility index (Phi) is 7.47. The monoisotopic (exact) mass is 468 g/mol. The smallest absolute Gasteiger partial charge is 0.345 e. The molecule has 1 aromatic heterocycles. The summed E-state index contributed by atoms with van der Waals surface area (Å²) >= 11 is 0. The molecular weight excluding hydrogens is 440 g/mol. The van der Waals surface area contributed by atoms with Crippen molar-refractivity contribution in [3.05, 3.63) is 11.9 Å². The summed E-state index contributed by atoms with van der Waals surface area (Å²) < 4.78 is 27.6. The van der Waals surface area contributed by atoms with Gasteiger partial charge in [-0.1, -0.05) is 0 Å². The van der Waals surface area contributed by atoms with Gasteiger partial charge in [0.1, 0.15) is 30.2 Å². The van der Waals surface area contributed by atoms with E-state index in [1.807, 2.05) is 0 Å². The normalized spacial score (nSPS) is 25.3. The molecule has 1 aromatic rings. The van der Waals surface area contributed by atoms with Crippen molar-refractivity contribution in [1.29, 1.82) is 0 Å². The SMILES string of the molecule is COC(=O)CCN(c1ncnc(NC(C)=O)c1C(=O)OC)C1O[C@H](CO)[C@H]2OC(C)(C)O[C@@H]12. The van der Waals surface area contributed by atoms with Crippen LogP contribution in [0.25, 0.3) is 0 Å². The molecule has 1 unspecified atom stereocenters. The number of aliphatic hydroxyl groups excluding tert-OH is 1. The van der Waals surface area contributed by atoms with Gasteiger partial charge in [-0.05, 0) is 13.8 Å². The predicted octanol–water partition coefficient (Wildman–Crippen LogP) is -0.172. The fourth-order valence-electron chi connectivity index (χ4n) is 3.87. The maximum absolute atomic E-state index is 12.7. The number of methoxy groups -OCH3 is 2. The Morgan fingerprint density at radius 1 is 1.18 bits per heavy atom. The topological polar surface area (TPSA) is 159 Å². The third kappa shape index (κ3) is 5.21. The Morgan fingerprint density at radius 3 is 2.48 bits per heavy atom. The summed E-state index contributed by atoms with van der Waals surface area (Å²) in [6.45, 7) is 4.39. The second kappa shape index (κ2) is 9.95. The lowest BCUT2D eigenvalue weighted by Gasteiger charge is -2.34. The summed E-state index contributed by atoms with van der Waals surface area (Å²) in [6.07, 6.45) is -1.83. The zero-order valence-electron chi connectivity index (χ0n) is 19.1. The standard InChI is InChI=1S/C20H28N4O9/c1-10(26)23-16-13(19(28)30-5)17(22-9-21-16)24(7-6-12(27)29-4)18-15-14(11(8-25)31-18)32-20(2,3)33-15/h9,11,14-15,18,25H,6-8H2,1-5H3,(H,21,22,23,26)/t11-,14-,15-,18?/m1/s1. The second-order valence-electron chi connectivity index (χ2n) is 7.93. The predicted molar refractivity (Wildman–Crippen MR) is 111 cm³/mol. The second-order valence-corrected chi connectivity index (χ2v) is 7.93. The molecule has 0 spiro atoms. The molecule has 0 bridgehead atoms. The highest BCUT2D eigenvalue weighted by Gasteiger charge is 2.57. The summed E-state index contributed by atoms with van der Waals surface area (Å²) in [5.41, 5.74) is -0.133. The number of aliphatic hydroxyl groups is 1. The number of hydrogen-bond acceptors (Lipinski definition) is 12. The molecule has 33 heavy (non-hydrogen) atoms. The van der Waals surface area contributed by atoms with E-state index in [9.17, 15) is 19.5 Å². The van der Waals surface area contributed by atoms with Gasteiger partial charge in [-0.15, -0.1) is 0 Å². The fourth-order valence-corrected chi connectivity index (χ4v) is 3.87. The Bertz CT molecular complexity index is 910. The maximum atomic E-state index is 12.7. The number of nitrogens with zero attached hydrogens (tertiary/aromatic N) is 3. The van der Waals surface area contributed by atoms with Crippen LogP contribution >= 0.6 is 0 Å². The number of ether oxygens (including phenoxy) is 5. The summed E-state index contributed by atoms with van der Waals surface area (Å²) in [7, 11) is 2.43. The molecule has 13 nitrogen and oxygen atoms in total. The van der Waals surface area contributed by atoms with E-state index in [-0.39, 0.29) is 36.8 Å². The molecule has 13 heteroatoms. The van der Waals surface area contributed by atoms with Crippen molar-refractivity contribution in [1.82, 2.24) is 9.97 Å². The maximum Gasteiger partial charge on any atom is 0.345 e. The van der Waals surface area contributed by atoms with Crippen LogP contribution in [0.3, 0.4) is 0 Å². The number of carbonyl (C=O) groups is 3. The summed E-state index contributed by atoms with van der Waals surface area (Å²) in [5.74, 6) is -2.75. The van der Waals surface area contributed by atoms with Crippen LogP contribution in [0.4, 0.5) is 11.6 Å². The highest BCUT2D eigenvalue weighted by atomic mass is 16.8. The minimum atomic E-state index is -0.947. The van der Waals surface area contributed by atoms with Crippen LogP contribution in [0, 0.1) is 0 Å². The molecule has 3 rings (SSSR count). The highest BCUT2D eigenvalue weighted by Crippen LogP contribution is 2.41. The number of esters is 2. The number of nitrogens with one attached hydrogen (secondary N) is 1. The van der Waals surface area contributed by atoms with Crippen LogP contribution in [0.1, 0.15) is 37.6 Å². The molecule has 0 aliphatic carbocycles. The van der Waals surface area contributed by atoms with Crippen LogP contribution in [0.5, 0.6) is 0 Å². The van der Waals surface area contributed by atoms with Crippen LogP contribution < -0.4 is 10.2 Å². The minimum absolute atomic E-state index is 0.00299. The van der Waals surface area contributed by atoms with Gasteiger partial charge in [0, 0.05) is 13.5 Å². The van der Waals surface area contributed by atoms with Gasteiger partial charge in [0.15, 0.2) is 23.7 Å². The van der Waals surface area contributed by atoms with Gasteiger partial charge in [-0.2, -0.15) is 0 Å². The molecule has 0 radical (unpaired) electrons. The molecule has 2 N–H and O–H groups in total. The van der Waals surface area contributed by atoms with Crippen molar-refractivity contribution in [2.24, 2.45) is 0 Å². The molecule has 2 aliphatic rings. The first kappa shape index (κ1) is 24.8. The van der Waals surface area contributed by atoms with E-state index in [4.69, 9.17) is 23.7 Å². The molecule has 4 atom stereocenters. The van der Waals surface area contributed by atoms with Gasteiger partial charge in [0.05, 0.1) is 27.2 Å². The van der Waals surface area contributed by atoms with Crippen molar-refractivity contribution in [3.8, 4) is 0 Å². The molecule has 0 aromatic carbocycles. The molecular formula is C20H28N4O9. The van der Waals surface area contributed by atoms with Crippen LogP contribution in [-0.2, 0) is 33.3 Å². The van der Waals surface area contributed by atoms with Crippen molar-refractivity contribution in [3.63, 3.8) is 0 Å². The van der Waals surface area contributed by atoms with E-state index in [1.54, 1.807) is 13.8 Å². The molecule has 2 saturated heterocycles. The first-order valence-electron chi connectivity index (χ1n) is 10.3. The Balaban J connectivity index is 2.09. The van der Waals surface area contributed by atoms with E-state index in [0.29, 0.717) is 0 Å². The number of fused-ring (bicyclic) bond motifs is 1. The van der Waals surface area contributed by atoms with Crippen molar-refractivity contribution < 1.29 is 43.2 Å². The number of hydrogen-bond donors (Lipinski definition) is 2. The lowest BCUT2D eigenvalue weighted by Crippen LogP contribution is -2.46. The zero-order valence-corrected chi connectivity index (χ0v) is 19.1. The third-order valence-corrected chi connectivity index (χ3v) is 5.18. The number of aromatic nitrogens is 2.